The van der Waals surface area contributed by atoms with Crippen LogP contribution < -0.4 is 5.32 Å². The molecular weight excluding hydrogens is 261 g/mol. The maximum atomic E-state index is 13.4. The summed E-state index contributed by atoms with van der Waals surface area (Å²) in [7, 11) is 0. The predicted molar refractivity (Wildman–Crippen MR) is 59.2 cm³/mol. The standard InChI is InChI=1S/C11H11BrFNO/c12-9-2-1-7(10(13)4-9)3-11(15)8-5-14-6-8/h1-2,4,8,14H,3,5-6H2. The highest BCUT2D eigenvalue weighted by atomic mass is 79.9. The van der Waals surface area contributed by atoms with E-state index in [4.69, 9.17) is 0 Å². The molecular formula is C11H11BrFNO. The van der Waals surface area contributed by atoms with Crippen LogP contribution >= 0.6 is 15.9 Å². The number of hydrogen-bond acceptors (Lipinski definition) is 2. The predicted octanol–water partition coefficient (Wildman–Crippen LogP) is 1.92. The molecule has 1 saturated heterocycles. The molecule has 4 heteroatoms. The Morgan fingerprint density at radius 1 is 1.53 bits per heavy atom. The van der Waals surface area contributed by atoms with Gasteiger partial charge in [-0.15, -0.1) is 0 Å². The molecule has 0 unspecified atom stereocenters. The van der Waals surface area contributed by atoms with Crippen molar-refractivity contribution in [3.8, 4) is 0 Å². The molecule has 0 saturated carbocycles. The van der Waals surface area contributed by atoms with Gasteiger partial charge in [0.2, 0.25) is 0 Å². The number of carbonyl (C=O) groups is 1. The minimum absolute atomic E-state index is 0.0769. The SMILES string of the molecule is O=C(Cc1ccc(Br)cc1F)C1CNC1. The molecule has 0 amide bonds. The van der Waals surface area contributed by atoms with Crippen LogP contribution in [0.5, 0.6) is 0 Å². The van der Waals surface area contributed by atoms with Gasteiger partial charge in [-0.25, -0.2) is 4.39 Å². The van der Waals surface area contributed by atoms with Crippen molar-refractivity contribution in [1.82, 2.24) is 5.32 Å². The van der Waals surface area contributed by atoms with Gasteiger partial charge in [-0.1, -0.05) is 22.0 Å². The van der Waals surface area contributed by atoms with Crippen molar-refractivity contribution in [1.29, 1.82) is 0 Å². The van der Waals surface area contributed by atoms with Crippen LogP contribution in [0.3, 0.4) is 0 Å². The molecule has 1 heterocycles. The molecule has 0 bridgehead atoms. The van der Waals surface area contributed by atoms with Gasteiger partial charge in [0.05, 0.1) is 0 Å². The number of ketones is 1. The smallest absolute Gasteiger partial charge is 0.142 e. The molecule has 0 aromatic heterocycles. The van der Waals surface area contributed by atoms with Crippen molar-refractivity contribution >= 4 is 21.7 Å². The van der Waals surface area contributed by atoms with Gasteiger partial charge in [0.25, 0.3) is 0 Å². The zero-order valence-electron chi connectivity index (χ0n) is 8.09. The van der Waals surface area contributed by atoms with Gasteiger partial charge < -0.3 is 5.32 Å². The van der Waals surface area contributed by atoms with Crippen LogP contribution in [0.2, 0.25) is 0 Å². The van der Waals surface area contributed by atoms with E-state index in [9.17, 15) is 9.18 Å². The zero-order chi connectivity index (χ0) is 10.8. The Labute approximate surface area is 96.0 Å². The lowest BCUT2D eigenvalue weighted by atomic mass is 9.93. The van der Waals surface area contributed by atoms with Gasteiger partial charge in [-0.3, -0.25) is 4.79 Å². The molecule has 1 aliphatic heterocycles. The lowest BCUT2D eigenvalue weighted by molar-refractivity contribution is -0.123. The Bertz CT molecular complexity index is 390. The summed E-state index contributed by atoms with van der Waals surface area (Å²) in [6, 6.07) is 4.80. The van der Waals surface area contributed by atoms with Gasteiger partial charge in [0.1, 0.15) is 11.6 Å². The quantitative estimate of drug-likeness (QED) is 0.910. The summed E-state index contributed by atoms with van der Waals surface area (Å²) < 4.78 is 14.1. The van der Waals surface area contributed by atoms with Crippen molar-refractivity contribution in [3.05, 3.63) is 34.1 Å². The van der Waals surface area contributed by atoms with E-state index < -0.39 is 0 Å². The topological polar surface area (TPSA) is 29.1 Å². The van der Waals surface area contributed by atoms with Gasteiger partial charge in [0, 0.05) is 29.9 Å². The number of halogens is 2. The first-order valence-electron chi connectivity index (χ1n) is 4.84. The van der Waals surface area contributed by atoms with E-state index in [1.54, 1.807) is 12.1 Å². The van der Waals surface area contributed by atoms with Gasteiger partial charge in [-0.05, 0) is 17.7 Å². The second-order valence-electron chi connectivity index (χ2n) is 3.73. The highest BCUT2D eigenvalue weighted by Crippen LogP contribution is 2.17. The Morgan fingerprint density at radius 2 is 2.27 bits per heavy atom. The molecule has 0 atom stereocenters. The normalized spacial score (nSPS) is 16.1. The fraction of sp³-hybridized carbons (Fsp3) is 0.364. The molecule has 1 N–H and O–H groups in total. The monoisotopic (exact) mass is 271 g/mol. The maximum Gasteiger partial charge on any atom is 0.142 e. The fourth-order valence-electron chi connectivity index (χ4n) is 1.51. The lowest BCUT2D eigenvalue weighted by Crippen LogP contribution is -2.47. The average Bonchev–Trinajstić information content (AvgIpc) is 2.07. The van der Waals surface area contributed by atoms with E-state index in [1.807, 2.05) is 0 Å². The fourth-order valence-corrected chi connectivity index (χ4v) is 1.85. The molecule has 80 valence electrons. The molecule has 0 spiro atoms. The maximum absolute atomic E-state index is 13.4. The highest BCUT2D eigenvalue weighted by molar-refractivity contribution is 9.10. The molecule has 15 heavy (non-hydrogen) atoms. The third-order valence-corrected chi connectivity index (χ3v) is 3.11. The first-order valence-corrected chi connectivity index (χ1v) is 5.63. The minimum Gasteiger partial charge on any atom is -0.315 e. The summed E-state index contributed by atoms with van der Waals surface area (Å²) in [5.74, 6) is -0.118. The molecule has 0 radical (unpaired) electrons. The summed E-state index contributed by atoms with van der Waals surface area (Å²) in [5, 5.41) is 3.03. The molecule has 1 aromatic carbocycles. The van der Waals surface area contributed by atoms with Gasteiger partial charge in [-0.2, -0.15) is 0 Å². The minimum atomic E-state index is -0.315. The molecule has 2 rings (SSSR count). The number of Topliss-reactive ketones (excluding diaryl/α,β-unsaturated/α-hetero) is 1. The van der Waals surface area contributed by atoms with Gasteiger partial charge in [0.15, 0.2) is 0 Å². The summed E-state index contributed by atoms with van der Waals surface area (Å²) in [6.45, 7) is 1.47. The Balaban J connectivity index is 2.06. The van der Waals surface area contributed by atoms with Crippen LogP contribution in [0.25, 0.3) is 0 Å². The Hall–Kier alpha value is -0.740. The number of nitrogens with one attached hydrogen (secondary N) is 1. The number of hydrogen-bond donors (Lipinski definition) is 1. The highest BCUT2D eigenvalue weighted by Gasteiger charge is 2.25. The second-order valence-corrected chi connectivity index (χ2v) is 4.65. The number of carbonyl (C=O) groups excluding carboxylic acids is 1. The van der Waals surface area contributed by atoms with E-state index in [0.29, 0.717) is 10.0 Å². The lowest BCUT2D eigenvalue weighted by Gasteiger charge is -2.25. The summed E-state index contributed by atoms with van der Waals surface area (Å²) in [6.07, 6.45) is 0.200. The van der Waals surface area contributed by atoms with Crippen molar-refractivity contribution < 1.29 is 9.18 Å². The van der Waals surface area contributed by atoms with E-state index in [-0.39, 0.29) is 23.9 Å². The first-order chi connectivity index (χ1) is 7.16. The number of benzene rings is 1. The summed E-state index contributed by atoms with van der Waals surface area (Å²) in [4.78, 5) is 11.6. The van der Waals surface area contributed by atoms with Gasteiger partial charge >= 0.3 is 0 Å². The molecule has 1 aliphatic rings. The van der Waals surface area contributed by atoms with Crippen LogP contribution in [-0.4, -0.2) is 18.9 Å². The molecule has 0 aliphatic carbocycles. The van der Waals surface area contributed by atoms with Crippen molar-refractivity contribution in [2.24, 2.45) is 5.92 Å². The Morgan fingerprint density at radius 3 is 2.80 bits per heavy atom. The van der Waals surface area contributed by atoms with Crippen LogP contribution in [-0.2, 0) is 11.2 Å². The first kappa shape index (κ1) is 10.8. The average molecular weight is 272 g/mol. The van der Waals surface area contributed by atoms with E-state index in [1.165, 1.54) is 6.07 Å². The second kappa shape index (κ2) is 4.41. The van der Waals surface area contributed by atoms with E-state index in [0.717, 1.165) is 13.1 Å². The largest absolute Gasteiger partial charge is 0.315 e. The Kier molecular flexibility index (Phi) is 3.17. The van der Waals surface area contributed by atoms with Crippen molar-refractivity contribution in [3.63, 3.8) is 0 Å². The molecule has 1 fully saturated rings. The number of rotatable bonds is 3. The summed E-state index contributed by atoms with van der Waals surface area (Å²) in [5.41, 5.74) is 0.482. The van der Waals surface area contributed by atoms with E-state index >= 15 is 0 Å². The third kappa shape index (κ3) is 2.44. The molecule has 2 nitrogen and oxygen atoms in total. The van der Waals surface area contributed by atoms with Crippen LogP contribution in [0.1, 0.15) is 5.56 Å². The van der Waals surface area contributed by atoms with E-state index in [2.05, 4.69) is 21.2 Å². The van der Waals surface area contributed by atoms with Crippen LogP contribution in [0.4, 0.5) is 4.39 Å². The summed E-state index contributed by atoms with van der Waals surface area (Å²) >= 11 is 3.18. The van der Waals surface area contributed by atoms with Crippen LogP contribution in [0, 0.1) is 11.7 Å². The third-order valence-electron chi connectivity index (χ3n) is 2.62. The van der Waals surface area contributed by atoms with Crippen LogP contribution in [0.15, 0.2) is 22.7 Å². The zero-order valence-corrected chi connectivity index (χ0v) is 9.68. The van der Waals surface area contributed by atoms with Crippen molar-refractivity contribution in [2.45, 2.75) is 6.42 Å². The van der Waals surface area contributed by atoms with Crippen molar-refractivity contribution in [2.75, 3.05) is 13.1 Å². The molecule has 1 aromatic rings.